The first-order valence-electron chi connectivity index (χ1n) is 9.21. The zero-order valence-corrected chi connectivity index (χ0v) is 17.0. The average Bonchev–Trinajstić information content (AvgIpc) is 3.18. The smallest absolute Gasteiger partial charge is 0.216 e. The maximum atomic E-state index is 5.90. The SMILES string of the molecule is COc1cc(C=Nn2c(-c3ccncc3)n[nH]c2=S)ccc1OCc1ccccc1. The summed E-state index contributed by atoms with van der Waals surface area (Å²) in [6, 6.07) is 19.3. The van der Waals surface area contributed by atoms with Crippen LogP contribution in [0.1, 0.15) is 11.1 Å². The Morgan fingerprint density at radius 1 is 1.07 bits per heavy atom. The van der Waals surface area contributed by atoms with Gasteiger partial charge in [0.05, 0.1) is 13.3 Å². The second-order valence-electron chi connectivity index (χ2n) is 6.33. The van der Waals surface area contributed by atoms with Gasteiger partial charge in [-0.15, -0.1) is 0 Å². The largest absolute Gasteiger partial charge is 0.493 e. The molecule has 0 radical (unpaired) electrons. The number of nitrogens with zero attached hydrogens (tertiary/aromatic N) is 4. The molecule has 4 rings (SSSR count). The van der Waals surface area contributed by atoms with Crippen molar-refractivity contribution in [2.75, 3.05) is 7.11 Å². The van der Waals surface area contributed by atoms with Crippen molar-refractivity contribution in [2.45, 2.75) is 6.61 Å². The van der Waals surface area contributed by atoms with E-state index in [0.29, 0.717) is 28.7 Å². The van der Waals surface area contributed by atoms with Gasteiger partial charge in [-0.3, -0.25) is 4.98 Å². The highest BCUT2D eigenvalue weighted by Gasteiger charge is 2.09. The molecular formula is C22H19N5O2S. The fraction of sp³-hybridized carbons (Fsp3) is 0.0909. The number of aromatic amines is 1. The number of pyridine rings is 1. The Kier molecular flexibility index (Phi) is 5.95. The molecule has 0 aliphatic heterocycles. The Morgan fingerprint density at radius 2 is 1.87 bits per heavy atom. The molecule has 0 amide bonds. The van der Waals surface area contributed by atoms with Crippen LogP contribution >= 0.6 is 12.2 Å². The minimum absolute atomic E-state index is 0.396. The minimum Gasteiger partial charge on any atom is -0.493 e. The van der Waals surface area contributed by atoms with Gasteiger partial charge >= 0.3 is 0 Å². The molecule has 0 fully saturated rings. The number of hydrogen-bond acceptors (Lipinski definition) is 6. The summed E-state index contributed by atoms with van der Waals surface area (Å²) >= 11 is 5.31. The van der Waals surface area contributed by atoms with E-state index < -0.39 is 0 Å². The fourth-order valence-corrected chi connectivity index (χ4v) is 3.01. The Labute approximate surface area is 178 Å². The van der Waals surface area contributed by atoms with Crippen molar-refractivity contribution in [1.82, 2.24) is 19.9 Å². The van der Waals surface area contributed by atoms with Gasteiger partial charge in [-0.25, -0.2) is 5.10 Å². The number of ether oxygens (including phenoxy) is 2. The van der Waals surface area contributed by atoms with E-state index in [9.17, 15) is 0 Å². The molecule has 0 aliphatic rings. The number of aromatic nitrogens is 4. The highest BCUT2D eigenvalue weighted by Crippen LogP contribution is 2.28. The molecule has 2 aromatic heterocycles. The van der Waals surface area contributed by atoms with Gasteiger partial charge in [0, 0.05) is 18.0 Å². The molecule has 0 atom stereocenters. The van der Waals surface area contributed by atoms with Crippen molar-refractivity contribution >= 4 is 18.4 Å². The van der Waals surface area contributed by atoms with E-state index in [2.05, 4.69) is 20.3 Å². The van der Waals surface area contributed by atoms with Crippen LogP contribution in [0.3, 0.4) is 0 Å². The number of nitrogens with one attached hydrogen (secondary N) is 1. The summed E-state index contributed by atoms with van der Waals surface area (Å²) in [5, 5.41) is 11.5. The summed E-state index contributed by atoms with van der Waals surface area (Å²) in [4.78, 5) is 4.03. The molecule has 2 aromatic carbocycles. The predicted octanol–water partition coefficient (Wildman–Crippen LogP) is 4.47. The lowest BCUT2D eigenvalue weighted by atomic mass is 10.2. The molecule has 0 bridgehead atoms. The summed E-state index contributed by atoms with van der Waals surface area (Å²) in [6.45, 7) is 0.462. The first-order chi connectivity index (χ1) is 14.7. The molecule has 7 nitrogen and oxygen atoms in total. The monoisotopic (exact) mass is 417 g/mol. The Bertz CT molecular complexity index is 1200. The Morgan fingerprint density at radius 3 is 2.63 bits per heavy atom. The van der Waals surface area contributed by atoms with Gasteiger partial charge in [0.1, 0.15) is 6.61 Å². The van der Waals surface area contributed by atoms with Crippen LogP contribution in [0.15, 0.2) is 78.2 Å². The lowest BCUT2D eigenvalue weighted by Gasteiger charge is -2.11. The van der Waals surface area contributed by atoms with Crippen molar-refractivity contribution in [1.29, 1.82) is 0 Å². The molecule has 150 valence electrons. The van der Waals surface area contributed by atoms with Crippen LogP contribution in [0.25, 0.3) is 11.4 Å². The zero-order chi connectivity index (χ0) is 20.8. The normalized spacial score (nSPS) is 11.0. The molecule has 0 saturated heterocycles. The Hall–Kier alpha value is -3.78. The molecule has 0 spiro atoms. The first-order valence-corrected chi connectivity index (χ1v) is 9.62. The summed E-state index contributed by atoms with van der Waals surface area (Å²) < 4.78 is 13.4. The quantitative estimate of drug-likeness (QED) is 0.355. The van der Waals surface area contributed by atoms with Crippen molar-refractivity contribution in [3.8, 4) is 22.9 Å². The van der Waals surface area contributed by atoms with Gasteiger partial charge in [0.2, 0.25) is 4.77 Å². The molecule has 1 N–H and O–H groups in total. The first kappa shape index (κ1) is 19.5. The summed E-state index contributed by atoms with van der Waals surface area (Å²) in [7, 11) is 1.61. The molecular weight excluding hydrogens is 398 g/mol. The molecule has 0 aliphatic carbocycles. The maximum absolute atomic E-state index is 5.90. The lowest BCUT2D eigenvalue weighted by molar-refractivity contribution is 0.284. The third-order valence-electron chi connectivity index (χ3n) is 4.34. The molecule has 0 unspecified atom stereocenters. The van der Waals surface area contributed by atoms with Gasteiger partial charge in [-0.2, -0.15) is 14.9 Å². The lowest BCUT2D eigenvalue weighted by Crippen LogP contribution is -1.99. The molecule has 0 saturated carbocycles. The number of benzene rings is 2. The van der Waals surface area contributed by atoms with Crippen LogP contribution < -0.4 is 9.47 Å². The number of hydrogen-bond donors (Lipinski definition) is 1. The van der Waals surface area contributed by atoms with E-state index in [1.807, 2.05) is 60.7 Å². The van der Waals surface area contributed by atoms with Crippen LogP contribution in [0.5, 0.6) is 11.5 Å². The third kappa shape index (κ3) is 4.44. The standard InChI is InChI=1S/C22H19N5O2S/c1-28-20-13-17(7-8-19(20)29-15-16-5-3-2-4-6-16)14-24-27-21(25-26-22(27)30)18-9-11-23-12-10-18/h2-14H,15H2,1H3,(H,26,30). The maximum Gasteiger partial charge on any atom is 0.216 e. The Balaban J connectivity index is 1.55. The van der Waals surface area contributed by atoms with Crippen LogP contribution in [0.2, 0.25) is 0 Å². The van der Waals surface area contributed by atoms with Crippen molar-refractivity contribution in [3.63, 3.8) is 0 Å². The summed E-state index contributed by atoms with van der Waals surface area (Å²) in [5.41, 5.74) is 2.78. The third-order valence-corrected chi connectivity index (χ3v) is 4.60. The summed E-state index contributed by atoms with van der Waals surface area (Å²) in [6.07, 6.45) is 5.08. The van der Waals surface area contributed by atoms with Gasteiger partial charge in [-0.1, -0.05) is 30.3 Å². The van der Waals surface area contributed by atoms with E-state index in [0.717, 1.165) is 16.7 Å². The van der Waals surface area contributed by atoms with Crippen molar-refractivity contribution in [2.24, 2.45) is 5.10 Å². The predicted molar refractivity (Wildman–Crippen MR) is 117 cm³/mol. The molecule has 30 heavy (non-hydrogen) atoms. The highest BCUT2D eigenvalue weighted by molar-refractivity contribution is 7.71. The molecule has 8 heteroatoms. The fourth-order valence-electron chi connectivity index (χ4n) is 2.83. The van der Waals surface area contributed by atoms with E-state index in [4.69, 9.17) is 21.7 Å². The van der Waals surface area contributed by atoms with Gasteiger partial charge in [0.15, 0.2) is 17.3 Å². The average molecular weight is 417 g/mol. The van der Waals surface area contributed by atoms with E-state index in [1.165, 1.54) is 0 Å². The second-order valence-corrected chi connectivity index (χ2v) is 6.72. The number of rotatable bonds is 7. The van der Waals surface area contributed by atoms with Gasteiger partial charge < -0.3 is 9.47 Å². The summed E-state index contributed by atoms with van der Waals surface area (Å²) in [5.74, 6) is 1.89. The minimum atomic E-state index is 0.396. The highest BCUT2D eigenvalue weighted by atomic mass is 32.1. The topological polar surface area (TPSA) is 77.3 Å². The van der Waals surface area contributed by atoms with Gasteiger partial charge in [-0.05, 0) is 53.7 Å². The molecule has 2 heterocycles. The molecule has 4 aromatic rings. The van der Waals surface area contributed by atoms with Crippen LogP contribution in [-0.4, -0.2) is 33.2 Å². The number of methoxy groups -OCH3 is 1. The van der Waals surface area contributed by atoms with E-state index in [1.54, 1.807) is 30.4 Å². The van der Waals surface area contributed by atoms with Crippen molar-refractivity contribution in [3.05, 3.63) is 89.0 Å². The van der Waals surface area contributed by atoms with Crippen molar-refractivity contribution < 1.29 is 9.47 Å². The van der Waals surface area contributed by atoms with E-state index in [-0.39, 0.29) is 0 Å². The number of H-pyrrole nitrogens is 1. The van der Waals surface area contributed by atoms with Crippen LogP contribution in [0.4, 0.5) is 0 Å². The second kappa shape index (κ2) is 9.15. The van der Waals surface area contributed by atoms with Crippen LogP contribution in [-0.2, 0) is 6.61 Å². The van der Waals surface area contributed by atoms with E-state index >= 15 is 0 Å². The van der Waals surface area contributed by atoms with Crippen LogP contribution in [0, 0.1) is 4.77 Å². The van der Waals surface area contributed by atoms with Gasteiger partial charge in [0.25, 0.3) is 0 Å². The zero-order valence-electron chi connectivity index (χ0n) is 16.2.